The minimum atomic E-state index is -4.05. The molecule has 0 spiro atoms. The molecule has 1 atom stereocenters. The van der Waals surface area contributed by atoms with Crippen molar-refractivity contribution < 1.29 is 13.2 Å². The molecule has 4 heteroatoms. The van der Waals surface area contributed by atoms with Crippen molar-refractivity contribution in [1.29, 1.82) is 0 Å². The highest BCUT2D eigenvalue weighted by atomic mass is 19.4. The van der Waals surface area contributed by atoms with Gasteiger partial charge < -0.3 is 5.73 Å². The topological polar surface area (TPSA) is 26.0 Å². The van der Waals surface area contributed by atoms with Crippen LogP contribution in [0.25, 0.3) is 0 Å². The van der Waals surface area contributed by atoms with Gasteiger partial charge in [0.05, 0.1) is 5.92 Å². The first kappa shape index (κ1) is 16.3. The van der Waals surface area contributed by atoms with Crippen LogP contribution in [0.2, 0.25) is 0 Å². The zero-order valence-electron chi connectivity index (χ0n) is 12.5. The Labute approximate surface area is 124 Å². The number of rotatable bonds is 4. The van der Waals surface area contributed by atoms with Gasteiger partial charge in [0.15, 0.2) is 0 Å². The molecular weight excluding hydrogens is 275 g/mol. The standard InChI is InChI=1S/C17H24F3N/c1-2-4-12-5-3-6-14(11-12)16(21)13-7-9-15(10-8-13)17(18,19)20/h3,5-6,11,13,15-16H,2,4,7-10,21H2,1H3. The number of halogens is 3. The maximum Gasteiger partial charge on any atom is 0.391 e. The van der Waals surface area contributed by atoms with Gasteiger partial charge >= 0.3 is 6.18 Å². The maximum absolute atomic E-state index is 12.7. The van der Waals surface area contributed by atoms with E-state index in [9.17, 15) is 13.2 Å². The van der Waals surface area contributed by atoms with Gasteiger partial charge in [-0.3, -0.25) is 0 Å². The molecule has 1 aliphatic rings. The molecule has 1 aliphatic carbocycles. The highest BCUT2D eigenvalue weighted by Crippen LogP contribution is 2.42. The van der Waals surface area contributed by atoms with E-state index in [0.29, 0.717) is 12.8 Å². The fourth-order valence-electron chi connectivity index (χ4n) is 3.32. The van der Waals surface area contributed by atoms with Crippen molar-refractivity contribution in [1.82, 2.24) is 0 Å². The van der Waals surface area contributed by atoms with Gasteiger partial charge in [0.2, 0.25) is 0 Å². The van der Waals surface area contributed by atoms with Crippen molar-refractivity contribution in [3.8, 4) is 0 Å². The van der Waals surface area contributed by atoms with Crippen LogP contribution in [0, 0.1) is 11.8 Å². The number of benzene rings is 1. The Bertz CT molecular complexity index is 448. The van der Waals surface area contributed by atoms with Crippen LogP contribution in [0.1, 0.15) is 56.2 Å². The zero-order chi connectivity index (χ0) is 15.5. The van der Waals surface area contributed by atoms with Crippen molar-refractivity contribution in [2.75, 3.05) is 0 Å². The Balaban J connectivity index is 1.98. The summed E-state index contributed by atoms with van der Waals surface area (Å²) in [6, 6.07) is 8.06. The predicted octanol–water partition coefficient (Wildman–Crippen LogP) is 5.01. The van der Waals surface area contributed by atoms with Crippen molar-refractivity contribution in [3.05, 3.63) is 35.4 Å². The third-order valence-electron chi connectivity index (χ3n) is 4.62. The monoisotopic (exact) mass is 299 g/mol. The summed E-state index contributed by atoms with van der Waals surface area (Å²) in [5, 5.41) is 0. The molecular formula is C17H24F3N. The first-order valence-electron chi connectivity index (χ1n) is 7.83. The minimum absolute atomic E-state index is 0.143. The molecule has 1 saturated carbocycles. The molecule has 2 N–H and O–H groups in total. The Morgan fingerprint density at radius 1 is 1.19 bits per heavy atom. The highest BCUT2D eigenvalue weighted by Gasteiger charge is 2.42. The van der Waals surface area contributed by atoms with E-state index in [4.69, 9.17) is 5.73 Å². The van der Waals surface area contributed by atoms with Crippen molar-refractivity contribution in [2.45, 2.75) is 57.7 Å². The molecule has 0 bridgehead atoms. The van der Waals surface area contributed by atoms with Crippen LogP contribution >= 0.6 is 0 Å². The van der Waals surface area contributed by atoms with E-state index < -0.39 is 12.1 Å². The van der Waals surface area contributed by atoms with Crippen LogP contribution in [-0.2, 0) is 6.42 Å². The van der Waals surface area contributed by atoms with Gasteiger partial charge in [-0.15, -0.1) is 0 Å². The minimum Gasteiger partial charge on any atom is -0.324 e. The molecule has 0 heterocycles. The van der Waals surface area contributed by atoms with Gasteiger partial charge in [0.25, 0.3) is 0 Å². The Kier molecular flexibility index (Phi) is 5.31. The normalized spacial score (nSPS) is 24.8. The molecule has 1 aromatic rings. The smallest absolute Gasteiger partial charge is 0.324 e. The second-order valence-corrected chi connectivity index (χ2v) is 6.17. The van der Waals surface area contributed by atoms with Crippen molar-refractivity contribution in [3.63, 3.8) is 0 Å². The first-order valence-corrected chi connectivity index (χ1v) is 7.83. The lowest BCUT2D eigenvalue weighted by Crippen LogP contribution is -2.31. The maximum atomic E-state index is 12.7. The molecule has 21 heavy (non-hydrogen) atoms. The molecule has 0 aromatic heterocycles. The first-order chi connectivity index (χ1) is 9.91. The van der Waals surface area contributed by atoms with E-state index in [1.807, 2.05) is 12.1 Å². The summed E-state index contributed by atoms with van der Waals surface area (Å²) < 4.78 is 38.1. The Morgan fingerprint density at radius 2 is 1.86 bits per heavy atom. The number of nitrogens with two attached hydrogens (primary N) is 1. The zero-order valence-corrected chi connectivity index (χ0v) is 12.5. The second-order valence-electron chi connectivity index (χ2n) is 6.17. The number of aryl methyl sites for hydroxylation is 1. The Hall–Kier alpha value is -1.03. The molecule has 0 radical (unpaired) electrons. The van der Waals surface area contributed by atoms with Crippen molar-refractivity contribution >= 4 is 0 Å². The summed E-state index contributed by atoms with van der Waals surface area (Å²) >= 11 is 0. The molecule has 0 amide bonds. The highest BCUT2D eigenvalue weighted by molar-refractivity contribution is 5.26. The summed E-state index contributed by atoms with van der Waals surface area (Å²) in [5.41, 5.74) is 8.63. The largest absolute Gasteiger partial charge is 0.391 e. The third kappa shape index (κ3) is 4.22. The van der Waals surface area contributed by atoms with Crippen LogP contribution in [0.15, 0.2) is 24.3 Å². The quantitative estimate of drug-likeness (QED) is 0.831. The van der Waals surface area contributed by atoms with Crippen LogP contribution in [0.5, 0.6) is 0 Å². The van der Waals surface area contributed by atoms with Gasteiger partial charge in [-0.05, 0) is 49.1 Å². The van der Waals surface area contributed by atoms with E-state index in [2.05, 4.69) is 19.1 Å². The van der Waals surface area contributed by atoms with Gasteiger partial charge in [-0.1, -0.05) is 37.6 Å². The van der Waals surface area contributed by atoms with Crippen LogP contribution in [-0.4, -0.2) is 6.18 Å². The lowest BCUT2D eigenvalue weighted by atomic mass is 9.76. The predicted molar refractivity (Wildman–Crippen MR) is 78.9 cm³/mol. The average molecular weight is 299 g/mol. The van der Waals surface area contributed by atoms with E-state index in [-0.39, 0.29) is 24.8 Å². The van der Waals surface area contributed by atoms with Crippen molar-refractivity contribution in [2.24, 2.45) is 17.6 Å². The van der Waals surface area contributed by atoms with E-state index in [0.717, 1.165) is 18.4 Å². The summed E-state index contributed by atoms with van der Waals surface area (Å²) in [5.74, 6) is -0.965. The molecule has 1 aromatic carbocycles. The van der Waals surface area contributed by atoms with Crippen LogP contribution in [0.4, 0.5) is 13.2 Å². The van der Waals surface area contributed by atoms with E-state index >= 15 is 0 Å². The fraction of sp³-hybridized carbons (Fsp3) is 0.647. The lowest BCUT2D eigenvalue weighted by Gasteiger charge is -2.33. The summed E-state index contributed by atoms with van der Waals surface area (Å²) in [4.78, 5) is 0. The molecule has 1 nitrogen and oxygen atoms in total. The molecule has 2 rings (SSSR count). The number of alkyl halides is 3. The molecule has 0 saturated heterocycles. The molecule has 118 valence electrons. The van der Waals surface area contributed by atoms with Gasteiger partial charge in [0.1, 0.15) is 0 Å². The van der Waals surface area contributed by atoms with Crippen LogP contribution < -0.4 is 5.73 Å². The summed E-state index contributed by atoms with van der Waals surface area (Å²) in [6.07, 6.45) is -0.368. The Morgan fingerprint density at radius 3 is 2.43 bits per heavy atom. The van der Waals surface area contributed by atoms with Gasteiger partial charge in [0, 0.05) is 6.04 Å². The van der Waals surface area contributed by atoms with E-state index in [1.165, 1.54) is 5.56 Å². The van der Waals surface area contributed by atoms with Crippen LogP contribution in [0.3, 0.4) is 0 Å². The van der Waals surface area contributed by atoms with E-state index in [1.54, 1.807) is 0 Å². The number of hydrogen-bond donors (Lipinski definition) is 1. The van der Waals surface area contributed by atoms with Gasteiger partial charge in [-0.25, -0.2) is 0 Å². The summed E-state index contributed by atoms with van der Waals surface area (Å²) in [7, 11) is 0. The molecule has 1 fully saturated rings. The fourth-order valence-corrected chi connectivity index (χ4v) is 3.32. The second kappa shape index (κ2) is 6.82. The summed E-state index contributed by atoms with van der Waals surface area (Å²) in [6.45, 7) is 2.13. The molecule has 1 unspecified atom stereocenters. The SMILES string of the molecule is CCCc1cccc(C(N)C2CCC(C(F)(F)F)CC2)c1. The lowest BCUT2D eigenvalue weighted by molar-refractivity contribution is -0.184. The average Bonchev–Trinajstić information content (AvgIpc) is 2.46. The number of hydrogen-bond acceptors (Lipinski definition) is 1. The third-order valence-corrected chi connectivity index (χ3v) is 4.62. The van der Waals surface area contributed by atoms with Gasteiger partial charge in [-0.2, -0.15) is 13.2 Å². The molecule has 0 aliphatic heterocycles.